The molecular weight excluding hydrogens is 485 g/mol. The average Bonchev–Trinajstić information content (AvgIpc) is 3.59. The molecule has 4 aromatic rings. The fraction of sp³-hybridized carbons (Fsp3) is 0.310. The molecule has 1 atom stereocenters. The average molecular weight is 516 g/mol. The van der Waals surface area contributed by atoms with Crippen molar-refractivity contribution in [2.24, 2.45) is 0 Å². The maximum Gasteiger partial charge on any atom is 0.290 e. The number of halogens is 1. The van der Waals surface area contributed by atoms with Crippen LogP contribution < -0.4 is 5.56 Å². The molecule has 0 aliphatic carbocycles. The molecular formula is C29H30FN5O3. The van der Waals surface area contributed by atoms with Gasteiger partial charge in [0.2, 0.25) is 5.88 Å². The Labute approximate surface area is 220 Å². The van der Waals surface area contributed by atoms with E-state index in [1.807, 2.05) is 25.1 Å². The fourth-order valence-electron chi connectivity index (χ4n) is 4.96. The lowest BCUT2D eigenvalue weighted by Gasteiger charge is -2.20. The maximum atomic E-state index is 14.4. The number of aromatic nitrogens is 4. The Balaban J connectivity index is 1.60. The summed E-state index contributed by atoms with van der Waals surface area (Å²) in [4.78, 5) is 32.6. The lowest BCUT2D eigenvalue weighted by atomic mass is 9.98. The van der Waals surface area contributed by atoms with E-state index < -0.39 is 22.9 Å². The molecule has 0 saturated carbocycles. The summed E-state index contributed by atoms with van der Waals surface area (Å²) in [6.07, 6.45) is 2.32. The highest BCUT2D eigenvalue weighted by Gasteiger charge is 2.34. The van der Waals surface area contributed by atoms with Gasteiger partial charge < -0.3 is 10.0 Å². The summed E-state index contributed by atoms with van der Waals surface area (Å²) in [5.41, 5.74) is 1.27. The highest BCUT2D eigenvalue weighted by atomic mass is 19.1. The van der Waals surface area contributed by atoms with Crippen LogP contribution in [0, 0.1) is 5.82 Å². The Hall–Kier alpha value is -4.27. The van der Waals surface area contributed by atoms with Crippen LogP contribution in [0.2, 0.25) is 0 Å². The Morgan fingerprint density at radius 1 is 1.16 bits per heavy atom. The quantitative estimate of drug-likeness (QED) is 0.401. The van der Waals surface area contributed by atoms with E-state index in [4.69, 9.17) is 0 Å². The summed E-state index contributed by atoms with van der Waals surface area (Å²) in [6, 6.07) is 15.7. The first-order valence-electron chi connectivity index (χ1n) is 12.8. The molecule has 1 fully saturated rings. The predicted molar refractivity (Wildman–Crippen MR) is 142 cm³/mol. The van der Waals surface area contributed by atoms with Crippen LogP contribution in [-0.4, -0.2) is 48.3 Å². The zero-order valence-electron chi connectivity index (χ0n) is 21.6. The number of rotatable bonds is 6. The number of carbonyl (C=O) groups excluding carboxylic acids is 1. The van der Waals surface area contributed by atoms with Crippen LogP contribution in [0.5, 0.6) is 5.88 Å². The second-order valence-corrected chi connectivity index (χ2v) is 9.84. The maximum absolute atomic E-state index is 14.4. The van der Waals surface area contributed by atoms with Gasteiger partial charge >= 0.3 is 0 Å². The summed E-state index contributed by atoms with van der Waals surface area (Å²) in [6.45, 7) is 7.24. The number of hydrogen-bond acceptors (Lipinski definition) is 5. The second kappa shape index (κ2) is 10.2. The second-order valence-electron chi connectivity index (χ2n) is 9.84. The van der Waals surface area contributed by atoms with Crippen LogP contribution in [0.4, 0.5) is 4.39 Å². The van der Waals surface area contributed by atoms with Crippen molar-refractivity contribution in [2.45, 2.75) is 45.6 Å². The number of likely N-dealkylation sites (tertiary alicyclic amines) is 1. The molecule has 0 bridgehead atoms. The number of amides is 1. The van der Waals surface area contributed by atoms with Gasteiger partial charge in [0.1, 0.15) is 11.5 Å². The van der Waals surface area contributed by atoms with E-state index in [-0.39, 0.29) is 30.0 Å². The molecule has 1 N–H and O–H groups in total. The number of aromatic hydroxyl groups is 1. The first-order valence-corrected chi connectivity index (χ1v) is 12.8. The topological polar surface area (TPSA) is 93.3 Å². The van der Waals surface area contributed by atoms with E-state index in [2.05, 4.69) is 23.9 Å². The normalized spacial score (nSPS) is 15.4. The standard InChI is InChI=1S/C29H30FN5O3/c1-4-34-15-13-24(32-34)26-31-27(36)25(29(38)35(26)21-9-7-8-19(16-21)18(2)3)28(37)33-14-12-20(17-33)22-10-5-6-11-23(22)30/h5-11,13,15-16,18,20,38H,4,12,14,17H2,1-3H3. The molecule has 3 heterocycles. The van der Waals surface area contributed by atoms with Gasteiger partial charge in [-0.25, -0.2) is 4.39 Å². The molecule has 9 heteroatoms. The molecule has 196 valence electrons. The zero-order valence-corrected chi connectivity index (χ0v) is 21.6. The predicted octanol–water partition coefficient (Wildman–Crippen LogP) is 4.71. The number of carbonyl (C=O) groups is 1. The van der Waals surface area contributed by atoms with Crippen molar-refractivity contribution in [1.29, 1.82) is 0 Å². The van der Waals surface area contributed by atoms with Gasteiger partial charge in [-0.15, -0.1) is 0 Å². The first-order chi connectivity index (χ1) is 18.3. The van der Waals surface area contributed by atoms with E-state index in [1.165, 1.54) is 15.5 Å². The number of aryl methyl sites for hydroxylation is 1. The third-order valence-electron chi connectivity index (χ3n) is 7.09. The van der Waals surface area contributed by atoms with Gasteiger partial charge in [0, 0.05) is 31.7 Å². The van der Waals surface area contributed by atoms with Gasteiger partial charge in [0.25, 0.3) is 11.5 Å². The Morgan fingerprint density at radius 2 is 1.95 bits per heavy atom. The van der Waals surface area contributed by atoms with E-state index in [0.29, 0.717) is 36.5 Å². The molecule has 2 aromatic carbocycles. The molecule has 1 aliphatic rings. The largest absolute Gasteiger partial charge is 0.493 e. The lowest BCUT2D eigenvalue weighted by Crippen LogP contribution is -2.34. The molecule has 1 amide bonds. The van der Waals surface area contributed by atoms with Crippen molar-refractivity contribution < 1.29 is 14.3 Å². The highest BCUT2D eigenvalue weighted by molar-refractivity contribution is 5.96. The number of benzene rings is 2. The molecule has 8 nitrogen and oxygen atoms in total. The van der Waals surface area contributed by atoms with E-state index in [9.17, 15) is 19.1 Å². The van der Waals surface area contributed by atoms with Gasteiger partial charge in [-0.3, -0.25) is 18.8 Å². The molecule has 0 spiro atoms. The monoisotopic (exact) mass is 515 g/mol. The van der Waals surface area contributed by atoms with Crippen LogP contribution in [0.15, 0.2) is 65.6 Å². The third kappa shape index (κ3) is 4.60. The molecule has 5 rings (SSSR count). The Bertz CT molecular complexity index is 1560. The zero-order chi connectivity index (χ0) is 27.0. The minimum atomic E-state index is -0.834. The van der Waals surface area contributed by atoms with Crippen molar-refractivity contribution in [3.63, 3.8) is 0 Å². The Morgan fingerprint density at radius 3 is 2.66 bits per heavy atom. The van der Waals surface area contributed by atoms with Crippen LogP contribution in [0.1, 0.15) is 60.5 Å². The number of nitrogens with zero attached hydrogens (tertiary/aromatic N) is 5. The minimum absolute atomic E-state index is 0.141. The van der Waals surface area contributed by atoms with Crippen LogP contribution in [0.3, 0.4) is 0 Å². The summed E-state index contributed by atoms with van der Waals surface area (Å²) in [5, 5.41) is 16.0. The van der Waals surface area contributed by atoms with Crippen molar-refractivity contribution in [2.75, 3.05) is 13.1 Å². The highest BCUT2D eigenvalue weighted by Crippen LogP contribution is 2.32. The van der Waals surface area contributed by atoms with Crippen molar-refractivity contribution in [1.82, 2.24) is 24.2 Å². The van der Waals surface area contributed by atoms with Crippen molar-refractivity contribution >= 4 is 5.91 Å². The van der Waals surface area contributed by atoms with Crippen molar-refractivity contribution in [3.05, 3.63) is 93.7 Å². The third-order valence-corrected chi connectivity index (χ3v) is 7.09. The van der Waals surface area contributed by atoms with Crippen LogP contribution >= 0.6 is 0 Å². The van der Waals surface area contributed by atoms with Crippen molar-refractivity contribution in [3.8, 4) is 23.1 Å². The molecule has 0 radical (unpaired) electrons. The number of hydrogen-bond donors (Lipinski definition) is 1. The van der Waals surface area contributed by atoms with Gasteiger partial charge in [0.05, 0.1) is 5.69 Å². The SMILES string of the molecule is CCn1ccc(-c2nc(=O)c(C(=O)N3CCC(c4ccccc4F)C3)c(O)n2-c2cccc(C(C)C)c2)n1. The van der Waals surface area contributed by atoms with Gasteiger partial charge in [-0.05, 0) is 54.7 Å². The minimum Gasteiger partial charge on any atom is -0.493 e. The first kappa shape index (κ1) is 25.4. The van der Waals surface area contributed by atoms with E-state index in [0.717, 1.165) is 5.56 Å². The molecule has 1 unspecified atom stereocenters. The van der Waals surface area contributed by atoms with Crippen LogP contribution in [-0.2, 0) is 6.54 Å². The van der Waals surface area contributed by atoms with Gasteiger partial charge in [0.15, 0.2) is 11.4 Å². The molecule has 1 saturated heterocycles. The van der Waals surface area contributed by atoms with Crippen LogP contribution in [0.25, 0.3) is 17.2 Å². The fourth-order valence-corrected chi connectivity index (χ4v) is 4.96. The summed E-state index contributed by atoms with van der Waals surface area (Å²) in [7, 11) is 0. The summed E-state index contributed by atoms with van der Waals surface area (Å²) < 4.78 is 17.5. The smallest absolute Gasteiger partial charge is 0.290 e. The lowest BCUT2D eigenvalue weighted by molar-refractivity contribution is 0.0784. The van der Waals surface area contributed by atoms with Gasteiger partial charge in [-0.1, -0.05) is 44.2 Å². The van der Waals surface area contributed by atoms with Gasteiger partial charge in [-0.2, -0.15) is 10.1 Å². The van der Waals surface area contributed by atoms with E-state index >= 15 is 0 Å². The molecule has 1 aliphatic heterocycles. The summed E-state index contributed by atoms with van der Waals surface area (Å²) >= 11 is 0. The Kier molecular flexibility index (Phi) is 6.84. The molecule has 38 heavy (non-hydrogen) atoms. The summed E-state index contributed by atoms with van der Waals surface area (Å²) in [5.74, 6) is -1.28. The van der Waals surface area contributed by atoms with E-state index in [1.54, 1.807) is 41.2 Å². The molecule has 2 aromatic heterocycles.